The summed E-state index contributed by atoms with van der Waals surface area (Å²) in [5.41, 5.74) is 2.71. The molecule has 4 aromatic heterocycles. The minimum Gasteiger partial charge on any atom is -0.388 e. The summed E-state index contributed by atoms with van der Waals surface area (Å²) in [4.78, 5) is 49.6. The Morgan fingerprint density at radius 3 is 2.48 bits per heavy atom. The number of thiazole rings is 1. The number of carbonyl (C=O) groups excluding carboxylic acids is 1. The second kappa shape index (κ2) is 14.7. The molecule has 2 atom stereocenters. The molecule has 0 bridgehead atoms. The number of fused-ring (bicyclic) bond motifs is 1. The van der Waals surface area contributed by atoms with E-state index in [9.17, 15) is 14.7 Å². The van der Waals surface area contributed by atoms with Crippen molar-refractivity contribution in [3.8, 4) is 10.6 Å². The number of nitrogens with zero attached hydrogens (tertiary/aromatic N) is 8. The van der Waals surface area contributed by atoms with Gasteiger partial charge in [0.2, 0.25) is 5.91 Å². The van der Waals surface area contributed by atoms with Gasteiger partial charge in [-0.2, -0.15) is 0 Å². The summed E-state index contributed by atoms with van der Waals surface area (Å²) in [6.45, 7) is 7.55. The number of pyridine rings is 1. The molecule has 3 fully saturated rings. The molecule has 1 N–H and O–H groups in total. The number of hydrogen-bond donors (Lipinski definition) is 1. The van der Waals surface area contributed by atoms with Crippen LogP contribution in [0.15, 0.2) is 78.2 Å². The minimum absolute atomic E-state index is 0.0650. The SMILES string of the molecule is Cc1ccc(-c2ncc(CN3CC[C@@H](C(=O)N4CCC(O)(Cn5cnc6c(ccn6C6CCN(C)CC6)c5=O)CC4)[C@H](c4ccccc4)C3)s2)cn1. The molecule has 3 aliphatic heterocycles. The van der Waals surface area contributed by atoms with Crippen molar-refractivity contribution in [2.75, 3.05) is 46.3 Å². The zero-order chi connectivity index (χ0) is 35.8. The fourth-order valence-electron chi connectivity index (χ4n) is 8.43. The molecule has 0 spiro atoms. The van der Waals surface area contributed by atoms with Crippen molar-refractivity contribution in [1.29, 1.82) is 0 Å². The average Bonchev–Trinajstić information content (AvgIpc) is 3.82. The van der Waals surface area contributed by atoms with Crippen LogP contribution in [-0.2, 0) is 17.9 Å². The number of aliphatic hydroxyl groups is 1. The van der Waals surface area contributed by atoms with Crippen LogP contribution in [0.5, 0.6) is 0 Å². The third-order valence-corrected chi connectivity index (χ3v) is 12.6. The van der Waals surface area contributed by atoms with E-state index in [4.69, 9.17) is 4.98 Å². The Bertz CT molecular complexity index is 2060. The molecule has 52 heavy (non-hydrogen) atoms. The van der Waals surface area contributed by atoms with E-state index in [2.05, 4.69) is 61.7 Å². The van der Waals surface area contributed by atoms with Gasteiger partial charge >= 0.3 is 0 Å². The van der Waals surface area contributed by atoms with Crippen molar-refractivity contribution in [3.05, 3.63) is 99.9 Å². The van der Waals surface area contributed by atoms with Gasteiger partial charge in [-0.25, -0.2) is 9.97 Å². The first-order valence-corrected chi connectivity index (χ1v) is 19.5. The zero-order valence-electron chi connectivity index (χ0n) is 30.1. The Hall–Kier alpha value is -4.23. The molecule has 0 radical (unpaired) electrons. The molecule has 3 aliphatic rings. The fraction of sp³-hybridized carbons (Fsp3) is 0.475. The van der Waals surface area contributed by atoms with Gasteiger partial charge in [0.05, 0.1) is 17.5 Å². The maximum atomic E-state index is 14.2. The van der Waals surface area contributed by atoms with E-state index < -0.39 is 5.60 Å². The molecular weight excluding hydrogens is 673 g/mol. The maximum Gasteiger partial charge on any atom is 0.262 e. The number of amides is 1. The molecule has 7 heterocycles. The van der Waals surface area contributed by atoms with E-state index in [1.54, 1.807) is 22.2 Å². The third-order valence-electron chi connectivity index (χ3n) is 11.6. The summed E-state index contributed by atoms with van der Waals surface area (Å²) in [5, 5.41) is 13.3. The highest BCUT2D eigenvalue weighted by Crippen LogP contribution is 2.37. The van der Waals surface area contributed by atoms with Crippen LogP contribution >= 0.6 is 11.3 Å². The smallest absolute Gasteiger partial charge is 0.262 e. The Kier molecular flexibility index (Phi) is 9.82. The van der Waals surface area contributed by atoms with Gasteiger partial charge in [0, 0.05) is 78.8 Å². The van der Waals surface area contributed by atoms with Gasteiger partial charge in [0.1, 0.15) is 17.0 Å². The second-order valence-corrected chi connectivity index (χ2v) is 16.3. The fourth-order valence-corrected chi connectivity index (χ4v) is 9.38. The van der Waals surface area contributed by atoms with Gasteiger partial charge in [-0.15, -0.1) is 11.3 Å². The molecule has 0 aliphatic carbocycles. The van der Waals surface area contributed by atoms with Crippen LogP contribution in [-0.4, -0.2) is 102 Å². The Morgan fingerprint density at radius 2 is 1.73 bits per heavy atom. The molecule has 5 aromatic rings. The second-order valence-electron chi connectivity index (χ2n) is 15.2. The van der Waals surface area contributed by atoms with Crippen LogP contribution in [0, 0.1) is 12.8 Å². The van der Waals surface area contributed by atoms with E-state index in [0.29, 0.717) is 37.4 Å². The molecular formula is C40H48N8O3S. The van der Waals surface area contributed by atoms with Crippen LogP contribution in [0.3, 0.4) is 0 Å². The average molecular weight is 721 g/mol. The highest BCUT2D eigenvalue weighted by atomic mass is 32.1. The first kappa shape index (κ1) is 34.8. The summed E-state index contributed by atoms with van der Waals surface area (Å²) in [6, 6.07) is 16.7. The van der Waals surface area contributed by atoms with Crippen LogP contribution in [0.2, 0.25) is 0 Å². The molecule has 0 unspecified atom stereocenters. The van der Waals surface area contributed by atoms with E-state index in [1.165, 1.54) is 10.4 Å². The Labute approximate surface area is 308 Å². The van der Waals surface area contributed by atoms with Gasteiger partial charge in [-0.05, 0) is 89.5 Å². The predicted molar refractivity (Wildman–Crippen MR) is 203 cm³/mol. The van der Waals surface area contributed by atoms with Gasteiger partial charge in [0.25, 0.3) is 5.56 Å². The summed E-state index contributed by atoms with van der Waals surface area (Å²) in [7, 11) is 2.14. The lowest BCUT2D eigenvalue weighted by Crippen LogP contribution is -2.53. The number of carbonyl (C=O) groups is 1. The molecule has 1 aromatic carbocycles. The predicted octanol–water partition coefficient (Wildman–Crippen LogP) is 4.95. The number of piperidine rings is 3. The molecule has 272 valence electrons. The molecule has 3 saturated heterocycles. The topological polar surface area (TPSA) is 113 Å². The van der Waals surface area contributed by atoms with Crippen LogP contribution in [0.1, 0.15) is 60.2 Å². The van der Waals surface area contributed by atoms with Crippen molar-refractivity contribution < 1.29 is 9.90 Å². The quantitative estimate of drug-likeness (QED) is 0.240. The monoisotopic (exact) mass is 720 g/mol. The molecule has 8 rings (SSSR count). The van der Waals surface area contributed by atoms with Crippen molar-refractivity contribution in [2.45, 2.75) is 69.7 Å². The van der Waals surface area contributed by atoms with Crippen molar-refractivity contribution in [3.63, 3.8) is 0 Å². The lowest BCUT2D eigenvalue weighted by Gasteiger charge is -2.43. The lowest BCUT2D eigenvalue weighted by atomic mass is 9.79. The molecule has 0 saturated carbocycles. The number of likely N-dealkylation sites (tertiary alicyclic amines) is 3. The van der Waals surface area contributed by atoms with Crippen molar-refractivity contribution in [1.82, 2.24) is 38.8 Å². The number of aromatic nitrogens is 5. The minimum atomic E-state index is -1.09. The maximum absolute atomic E-state index is 14.2. The van der Waals surface area contributed by atoms with Gasteiger partial charge in [-0.1, -0.05) is 30.3 Å². The van der Waals surface area contributed by atoms with Gasteiger partial charge in [-0.3, -0.25) is 24.0 Å². The number of aryl methyl sites for hydroxylation is 1. The summed E-state index contributed by atoms with van der Waals surface area (Å²) in [5.74, 6) is 0.0940. The molecule has 11 nitrogen and oxygen atoms in total. The Morgan fingerprint density at radius 1 is 0.942 bits per heavy atom. The lowest BCUT2D eigenvalue weighted by molar-refractivity contribution is -0.142. The zero-order valence-corrected chi connectivity index (χ0v) is 30.9. The van der Waals surface area contributed by atoms with E-state index in [0.717, 1.165) is 73.9 Å². The normalized spacial score (nSPS) is 21.9. The van der Waals surface area contributed by atoms with E-state index in [1.807, 2.05) is 48.6 Å². The summed E-state index contributed by atoms with van der Waals surface area (Å²) in [6.07, 6.45) is 11.1. The van der Waals surface area contributed by atoms with Crippen molar-refractivity contribution >= 4 is 28.3 Å². The first-order valence-electron chi connectivity index (χ1n) is 18.6. The van der Waals surface area contributed by atoms with Gasteiger partial charge in [0.15, 0.2) is 0 Å². The number of benzene rings is 1. The van der Waals surface area contributed by atoms with E-state index >= 15 is 0 Å². The molecule has 12 heteroatoms. The number of hydrogen-bond acceptors (Lipinski definition) is 9. The first-order chi connectivity index (χ1) is 25.2. The number of rotatable bonds is 8. The summed E-state index contributed by atoms with van der Waals surface area (Å²) >= 11 is 1.70. The van der Waals surface area contributed by atoms with Gasteiger partial charge < -0.3 is 19.5 Å². The summed E-state index contributed by atoms with van der Waals surface area (Å²) < 4.78 is 3.71. The van der Waals surface area contributed by atoms with Crippen molar-refractivity contribution in [2.24, 2.45) is 5.92 Å². The van der Waals surface area contributed by atoms with E-state index in [-0.39, 0.29) is 29.8 Å². The molecule has 1 amide bonds. The standard InChI is InChI=1S/C40H48N8O3S/c1-28-8-9-30(22-41-28)37-42-23-32(52-37)24-45-18-12-33(35(25-45)29-6-4-3-5-7-29)38(49)46-20-14-40(51,15-21-46)26-47-27-43-36-34(39(47)50)13-19-48(36)31-10-16-44(2)17-11-31/h3-9,13,19,22-23,27,31,33,35,51H,10-12,14-18,20-21,24-26H2,1-2H3/t33-,35+/m1/s1. The third kappa shape index (κ3) is 7.21. The van der Waals surface area contributed by atoms with Crippen LogP contribution in [0.4, 0.5) is 0 Å². The Balaban J connectivity index is 0.914. The highest BCUT2D eigenvalue weighted by molar-refractivity contribution is 7.15. The largest absolute Gasteiger partial charge is 0.388 e. The van der Waals surface area contributed by atoms with Crippen LogP contribution in [0.25, 0.3) is 21.6 Å². The highest BCUT2D eigenvalue weighted by Gasteiger charge is 2.41. The van der Waals surface area contributed by atoms with Crippen LogP contribution < -0.4 is 5.56 Å².